The summed E-state index contributed by atoms with van der Waals surface area (Å²) in [6.07, 6.45) is 1.44. The van der Waals surface area contributed by atoms with E-state index < -0.39 is 15.3 Å². The Labute approximate surface area is 102 Å². The van der Waals surface area contributed by atoms with Crippen molar-refractivity contribution in [3.63, 3.8) is 0 Å². The molecule has 0 aromatic heterocycles. The molecule has 0 amide bonds. The Morgan fingerprint density at radius 3 is 2.35 bits per heavy atom. The number of methoxy groups -OCH3 is 1. The number of nitrogens with one attached hydrogen (secondary N) is 1. The zero-order valence-electron chi connectivity index (χ0n) is 10.0. The summed E-state index contributed by atoms with van der Waals surface area (Å²) in [5, 5.41) is 3.18. The summed E-state index contributed by atoms with van der Waals surface area (Å²) in [5.74, 6) is 0.741. The third-order valence-electron chi connectivity index (χ3n) is 2.13. The zero-order valence-corrected chi connectivity index (χ0v) is 10.9. The molecule has 1 N–H and O–H groups in total. The van der Waals surface area contributed by atoms with E-state index in [0.717, 1.165) is 11.3 Å². The molecule has 0 saturated heterocycles. The zero-order chi connectivity index (χ0) is 12.9. The largest absolute Gasteiger partial charge is 0.497 e. The molecule has 0 radical (unpaired) electrons. The highest BCUT2D eigenvalue weighted by Crippen LogP contribution is 2.09. The van der Waals surface area contributed by atoms with Gasteiger partial charge in [0.1, 0.15) is 5.75 Å². The van der Waals surface area contributed by atoms with Crippen molar-refractivity contribution in [2.75, 3.05) is 7.11 Å². The quantitative estimate of drug-likeness (QED) is 0.639. The van der Waals surface area contributed by atoms with Gasteiger partial charge in [0.2, 0.25) is 10.0 Å². The first kappa shape index (κ1) is 13.5. The normalized spacial score (nSPS) is 12.0. The SMILES string of the molecule is COc1ccc(C=NNS(=O)(=O)C(C)C)cc1. The van der Waals surface area contributed by atoms with Crippen LogP contribution in [0.25, 0.3) is 0 Å². The van der Waals surface area contributed by atoms with Gasteiger partial charge in [0, 0.05) is 0 Å². The van der Waals surface area contributed by atoms with Crippen molar-refractivity contribution in [1.29, 1.82) is 0 Å². The highest BCUT2D eigenvalue weighted by Gasteiger charge is 2.13. The third kappa shape index (κ3) is 4.07. The first-order chi connectivity index (χ1) is 7.95. The molecule has 1 aromatic carbocycles. The molecule has 6 heteroatoms. The van der Waals surface area contributed by atoms with Crippen LogP contribution in [-0.4, -0.2) is 27.0 Å². The highest BCUT2D eigenvalue weighted by molar-refractivity contribution is 7.90. The Hall–Kier alpha value is -1.56. The van der Waals surface area contributed by atoms with Crippen LogP contribution in [0.5, 0.6) is 5.75 Å². The molecular formula is C11H16N2O3S. The number of rotatable bonds is 5. The smallest absolute Gasteiger partial charge is 0.249 e. The van der Waals surface area contributed by atoms with Crippen LogP contribution >= 0.6 is 0 Å². The minimum absolute atomic E-state index is 0.504. The van der Waals surface area contributed by atoms with Crippen molar-refractivity contribution < 1.29 is 13.2 Å². The maximum Gasteiger partial charge on any atom is 0.249 e. The summed E-state index contributed by atoms with van der Waals surface area (Å²) in [4.78, 5) is 2.15. The van der Waals surface area contributed by atoms with E-state index in [9.17, 15) is 8.42 Å². The molecule has 1 rings (SSSR count). The van der Waals surface area contributed by atoms with Gasteiger partial charge >= 0.3 is 0 Å². The van der Waals surface area contributed by atoms with E-state index in [1.807, 2.05) is 0 Å². The molecule has 0 aliphatic heterocycles. The number of nitrogens with zero attached hydrogens (tertiary/aromatic N) is 1. The molecule has 0 aliphatic rings. The molecule has 0 fully saturated rings. The lowest BCUT2D eigenvalue weighted by molar-refractivity contribution is 0.415. The first-order valence-electron chi connectivity index (χ1n) is 5.13. The summed E-state index contributed by atoms with van der Waals surface area (Å²) in [7, 11) is -1.77. The number of hydrogen-bond donors (Lipinski definition) is 1. The molecule has 0 atom stereocenters. The summed E-state index contributed by atoms with van der Waals surface area (Å²) in [5.41, 5.74) is 0.789. The van der Waals surface area contributed by atoms with E-state index in [-0.39, 0.29) is 0 Å². The van der Waals surface area contributed by atoms with Crippen molar-refractivity contribution in [3.05, 3.63) is 29.8 Å². The molecule has 0 saturated carbocycles. The van der Waals surface area contributed by atoms with Crippen molar-refractivity contribution in [3.8, 4) is 5.75 Å². The molecule has 1 aromatic rings. The van der Waals surface area contributed by atoms with Crippen LogP contribution in [0.1, 0.15) is 19.4 Å². The minimum atomic E-state index is -3.35. The van der Waals surface area contributed by atoms with Crippen molar-refractivity contribution >= 4 is 16.2 Å². The summed E-state index contributed by atoms with van der Waals surface area (Å²) in [6, 6.07) is 7.12. The Morgan fingerprint density at radius 1 is 1.29 bits per heavy atom. The Bertz CT molecular complexity index is 478. The van der Waals surface area contributed by atoms with Gasteiger partial charge in [0.05, 0.1) is 18.6 Å². The van der Waals surface area contributed by atoms with Gasteiger partial charge in [-0.1, -0.05) is 0 Å². The maximum atomic E-state index is 11.4. The van der Waals surface area contributed by atoms with Gasteiger partial charge in [-0.3, -0.25) is 0 Å². The number of hydrogen-bond acceptors (Lipinski definition) is 4. The van der Waals surface area contributed by atoms with Gasteiger partial charge in [0.15, 0.2) is 0 Å². The molecule has 0 spiro atoms. The Kier molecular flexibility index (Phi) is 4.51. The molecule has 0 bridgehead atoms. The summed E-state index contributed by atoms with van der Waals surface area (Å²) < 4.78 is 27.8. The van der Waals surface area contributed by atoms with Gasteiger partial charge in [-0.05, 0) is 43.7 Å². The average molecular weight is 256 g/mol. The van der Waals surface area contributed by atoms with E-state index in [0.29, 0.717) is 0 Å². The second kappa shape index (κ2) is 5.67. The Balaban J connectivity index is 2.65. The monoisotopic (exact) mass is 256 g/mol. The predicted octanol–water partition coefficient (Wildman–Crippen LogP) is 1.36. The molecule has 0 aliphatic carbocycles. The molecular weight excluding hydrogens is 240 g/mol. The van der Waals surface area contributed by atoms with Gasteiger partial charge in [-0.15, -0.1) is 0 Å². The van der Waals surface area contributed by atoms with Crippen LogP contribution in [0, 0.1) is 0 Å². The lowest BCUT2D eigenvalue weighted by atomic mass is 10.2. The maximum absolute atomic E-state index is 11.4. The Morgan fingerprint density at radius 2 is 1.88 bits per heavy atom. The average Bonchev–Trinajstić information content (AvgIpc) is 2.29. The molecule has 17 heavy (non-hydrogen) atoms. The van der Waals surface area contributed by atoms with Crippen LogP contribution in [0.15, 0.2) is 29.4 Å². The van der Waals surface area contributed by atoms with E-state index in [2.05, 4.69) is 9.93 Å². The van der Waals surface area contributed by atoms with Gasteiger partial charge < -0.3 is 4.74 Å². The number of ether oxygens (including phenoxy) is 1. The molecule has 0 heterocycles. The van der Waals surface area contributed by atoms with E-state index in [1.165, 1.54) is 6.21 Å². The fraction of sp³-hybridized carbons (Fsp3) is 0.364. The van der Waals surface area contributed by atoms with Gasteiger partial charge in [-0.2, -0.15) is 5.10 Å². The van der Waals surface area contributed by atoms with Crippen molar-refractivity contribution in [2.24, 2.45) is 5.10 Å². The predicted molar refractivity (Wildman–Crippen MR) is 67.8 cm³/mol. The van der Waals surface area contributed by atoms with E-state index >= 15 is 0 Å². The molecule has 94 valence electrons. The number of hydrazone groups is 1. The van der Waals surface area contributed by atoms with Crippen LogP contribution in [0.2, 0.25) is 0 Å². The van der Waals surface area contributed by atoms with Crippen LogP contribution in [0.3, 0.4) is 0 Å². The number of sulfonamides is 1. The summed E-state index contributed by atoms with van der Waals surface area (Å²) >= 11 is 0. The van der Waals surface area contributed by atoms with Crippen LogP contribution < -0.4 is 9.57 Å². The number of benzene rings is 1. The van der Waals surface area contributed by atoms with Gasteiger partial charge in [0.25, 0.3) is 0 Å². The van der Waals surface area contributed by atoms with Crippen LogP contribution in [0.4, 0.5) is 0 Å². The second-order valence-corrected chi connectivity index (χ2v) is 5.93. The standard InChI is InChI=1S/C11H16N2O3S/c1-9(2)17(14,15)13-12-8-10-4-6-11(16-3)7-5-10/h4-9,13H,1-3H3. The van der Waals surface area contributed by atoms with Crippen molar-refractivity contribution in [2.45, 2.75) is 19.1 Å². The third-order valence-corrected chi connectivity index (χ3v) is 3.73. The lowest BCUT2D eigenvalue weighted by Gasteiger charge is -2.05. The highest BCUT2D eigenvalue weighted by atomic mass is 32.2. The fourth-order valence-corrected chi connectivity index (χ4v) is 1.38. The van der Waals surface area contributed by atoms with E-state index in [1.54, 1.807) is 45.2 Å². The molecule has 0 unspecified atom stereocenters. The van der Waals surface area contributed by atoms with Gasteiger partial charge in [-0.25, -0.2) is 13.2 Å². The van der Waals surface area contributed by atoms with Crippen LogP contribution in [-0.2, 0) is 10.0 Å². The second-order valence-electron chi connectivity index (χ2n) is 3.72. The topological polar surface area (TPSA) is 67.8 Å². The summed E-state index contributed by atoms with van der Waals surface area (Å²) in [6.45, 7) is 3.18. The van der Waals surface area contributed by atoms with Crippen molar-refractivity contribution in [1.82, 2.24) is 4.83 Å². The lowest BCUT2D eigenvalue weighted by Crippen LogP contribution is -2.26. The first-order valence-corrected chi connectivity index (χ1v) is 6.68. The fourth-order valence-electron chi connectivity index (χ4n) is 0.970. The van der Waals surface area contributed by atoms with E-state index in [4.69, 9.17) is 4.74 Å². The molecule has 5 nitrogen and oxygen atoms in total. The minimum Gasteiger partial charge on any atom is -0.497 e.